The van der Waals surface area contributed by atoms with Gasteiger partial charge in [-0.1, -0.05) is 5.16 Å². The standard InChI is InChI=1S/C23H37N5O5S/c1-32-12-2-9-24-17-7-10-27(11-8-17)34(30,31)28-19-5-6-20(28)14-18(13-19)25-23(29)21-15-22(33-26-21)16-3-4-16/h15-20,24H,2-14H2,1H3,(H,25,29)/t18-,19+,20-. The SMILES string of the molecule is COCCCNC1CCN(S(=O)(=O)N2[C@@H]3CC[C@H]2C[C@@H](NC(=O)c2cc(C4CC4)on2)C3)CC1. The summed E-state index contributed by atoms with van der Waals surface area (Å²) in [5.74, 6) is 0.978. The van der Waals surface area contributed by atoms with Crippen LogP contribution in [0.25, 0.3) is 0 Å². The summed E-state index contributed by atoms with van der Waals surface area (Å²) in [6.07, 6.45) is 7.79. The first-order valence-corrected chi connectivity index (χ1v) is 14.1. The van der Waals surface area contributed by atoms with Gasteiger partial charge in [-0.15, -0.1) is 0 Å². The molecule has 1 saturated carbocycles. The quantitative estimate of drug-likeness (QED) is 0.474. The smallest absolute Gasteiger partial charge is 0.282 e. The van der Waals surface area contributed by atoms with Crippen LogP contribution in [0.2, 0.25) is 0 Å². The van der Waals surface area contributed by atoms with E-state index in [1.165, 1.54) is 0 Å². The molecule has 1 aliphatic carbocycles. The zero-order valence-corrected chi connectivity index (χ0v) is 20.8. The second-order valence-corrected chi connectivity index (χ2v) is 12.1. The Bertz CT molecular complexity index is 943. The first-order valence-electron chi connectivity index (χ1n) is 12.7. The summed E-state index contributed by atoms with van der Waals surface area (Å²) in [4.78, 5) is 12.7. The third-order valence-electron chi connectivity index (χ3n) is 7.75. The number of amides is 1. The number of carbonyl (C=O) groups is 1. The molecule has 0 unspecified atom stereocenters. The van der Waals surface area contributed by atoms with E-state index in [1.807, 2.05) is 0 Å². The number of aromatic nitrogens is 1. The maximum absolute atomic E-state index is 13.5. The molecule has 2 N–H and O–H groups in total. The van der Waals surface area contributed by atoms with Crippen molar-refractivity contribution in [1.29, 1.82) is 0 Å². The van der Waals surface area contributed by atoms with Gasteiger partial charge in [-0.3, -0.25) is 4.79 Å². The Labute approximate surface area is 201 Å². The number of fused-ring (bicyclic) bond motifs is 2. The fraction of sp³-hybridized carbons (Fsp3) is 0.826. The summed E-state index contributed by atoms with van der Waals surface area (Å²) in [6.45, 7) is 2.73. The van der Waals surface area contributed by atoms with Gasteiger partial charge >= 0.3 is 0 Å². The molecule has 1 aromatic heterocycles. The van der Waals surface area contributed by atoms with E-state index in [4.69, 9.17) is 9.26 Å². The first-order chi connectivity index (χ1) is 16.5. The molecule has 5 rings (SSSR count). The van der Waals surface area contributed by atoms with E-state index in [1.54, 1.807) is 21.8 Å². The van der Waals surface area contributed by atoms with E-state index in [0.29, 0.717) is 43.6 Å². The molecule has 1 aromatic rings. The van der Waals surface area contributed by atoms with E-state index in [0.717, 1.165) is 63.9 Å². The normalized spacial score (nSPS) is 28.9. The number of hydrogen-bond acceptors (Lipinski definition) is 7. The minimum Gasteiger partial charge on any atom is -0.385 e. The molecule has 2 bridgehead atoms. The number of methoxy groups -OCH3 is 1. The highest BCUT2D eigenvalue weighted by molar-refractivity contribution is 7.86. The Hall–Kier alpha value is -1.53. The maximum Gasteiger partial charge on any atom is 0.282 e. The third kappa shape index (κ3) is 5.18. The van der Waals surface area contributed by atoms with Crippen molar-refractivity contribution in [3.63, 3.8) is 0 Å². The van der Waals surface area contributed by atoms with Crippen LogP contribution < -0.4 is 10.6 Å². The number of ether oxygens (including phenoxy) is 1. The van der Waals surface area contributed by atoms with Crippen molar-refractivity contribution in [2.75, 3.05) is 33.4 Å². The molecule has 10 nitrogen and oxygen atoms in total. The molecular formula is C23H37N5O5S. The third-order valence-corrected chi connectivity index (χ3v) is 9.89. The molecule has 4 fully saturated rings. The average molecular weight is 496 g/mol. The lowest BCUT2D eigenvalue weighted by Crippen LogP contribution is -2.57. The molecule has 0 aromatic carbocycles. The van der Waals surface area contributed by atoms with Crippen LogP contribution in [0.1, 0.15) is 80.0 Å². The fourth-order valence-electron chi connectivity index (χ4n) is 5.79. The number of piperidine rings is 2. The molecule has 0 spiro atoms. The summed E-state index contributed by atoms with van der Waals surface area (Å²) < 4.78 is 40.9. The Balaban J connectivity index is 1.13. The number of carbonyl (C=O) groups excluding carboxylic acids is 1. The van der Waals surface area contributed by atoms with Crippen molar-refractivity contribution >= 4 is 16.1 Å². The fourth-order valence-corrected chi connectivity index (χ4v) is 7.87. The Morgan fingerprint density at radius 3 is 2.47 bits per heavy atom. The van der Waals surface area contributed by atoms with Crippen LogP contribution >= 0.6 is 0 Å². The van der Waals surface area contributed by atoms with Crippen molar-refractivity contribution < 1.29 is 22.5 Å². The van der Waals surface area contributed by atoms with E-state index in [-0.39, 0.29) is 24.0 Å². The molecule has 4 aliphatic rings. The molecule has 0 radical (unpaired) electrons. The predicted molar refractivity (Wildman–Crippen MR) is 126 cm³/mol. The molecule has 190 valence electrons. The summed E-state index contributed by atoms with van der Waals surface area (Å²) >= 11 is 0. The summed E-state index contributed by atoms with van der Waals surface area (Å²) in [5, 5.41) is 10.5. The van der Waals surface area contributed by atoms with Gasteiger partial charge in [0, 0.05) is 63.0 Å². The second-order valence-electron chi connectivity index (χ2n) is 10.2. The van der Waals surface area contributed by atoms with Crippen molar-refractivity contribution in [3.8, 4) is 0 Å². The van der Waals surface area contributed by atoms with Gasteiger partial charge in [0.05, 0.1) is 0 Å². The zero-order chi connectivity index (χ0) is 23.7. The maximum atomic E-state index is 13.5. The molecule has 11 heteroatoms. The monoisotopic (exact) mass is 495 g/mol. The van der Waals surface area contributed by atoms with Gasteiger partial charge in [-0.2, -0.15) is 17.0 Å². The number of hydrogen-bond donors (Lipinski definition) is 2. The molecule has 3 aliphatic heterocycles. The number of rotatable bonds is 10. The minimum absolute atomic E-state index is 0.0421. The van der Waals surface area contributed by atoms with Crippen molar-refractivity contribution in [2.24, 2.45) is 0 Å². The van der Waals surface area contributed by atoms with E-state index >= 15 is 0 Å². The zero-order valence-electron chi connectivity index (χ0n) is 19.9. The second kappa shape index (κ2) is 10.2. The largest absolute Gasteiger partial charge is 0.385 e. The average Bonchev–Trinajstić information content (AvgIpc) is 3.48. The summed E-state index contributed by atoms with van der Waals surface area (Å²) in [5.41, 5.74) is 0.322. The van der Waals surface area contributed by atoms with Crippen LogP contribution in [-0.2, 0) is 14.9 Å². The van der Waals surface area contributed by atoms with Crippen LogP contribution in [0.3, 0.4) is 0 Å². The van der Waals surface area contributed by atoms with Gasteiger partial charge in [-0.25, -0.2) is 0 Å². The molecule has 3 atom stereocenters. The highest BCUT2D eigenvalue weighted by atomic mass is 32.2. The van der Waals surface area contributed by atoms with Gasteiger partial charge in [0.1, 0.15) is 5.76 Å². The summed E-state index contributed by atoms with van der Waals surface area (Å²) in [7, 11) is -1.80. The van der Waals surface area contributed by atoms with E-state index in [2.05, 4.69) is 15.8 Å². The van der Waals surface area contributed by atoms with Gasteiger partial charge in [0.15, 0.2) is 5.69 Å². The van der Waals surface area contributed by atoms with Crippen LogP contribution in [0, 0.1) is 0 Å². The van der Waals surface area contributed by atoms with Crippen LogP contribution in [0.5, 0.6) is 0 Å². The highest BCUT2D eigenvalue weighted by Crippen LogP contribution is 2.41. The Morgan fingerprint density at radius 2 is 1.82 bits per heavy atom. The van der Waals surface area contributed by atoms with Gasteiger partial charge in [-0.05, 0) is 64.3 Å². The van der Waals surface area contributed by atoms with Crippen LogP contribution in [0.4, 0.5) is 0 Å². The molecule has 34 heavy (non-hydrogen) atoms. The lowest BCUT2D eigenvalue weighted by Gasteiger charge is -2.42. The number of nitrogens with zero attached hydrogens (tertiary/aromatic N) is 3. The van der Waals surface area contributed by atoms with E-state index in [9.17, 15) is 13.2 Å². The van der Waals surface area contributed by atoms with Crippen molar-refractivity contribution in [3.05, 3.63) is 17.5 Å². The van der Waals surface area contributed by atoms with Crippen LogP contribution in [0.15, 0.2) is 10.6 Å². The molecular weight excluding hydrogens is 458 g/mol. The predicted octanol–water partition coefficient (Wildman–Crippen LogP) is 1.61. The van der Waals surface area contributed by atoms with Crippen molar-refractivity contribution in [1.82, 2.24) is 24.4 Å². The first kappa shape index (κ1) is 24.2. The van der Waals surface area contributed by atoms with Crippen LogP contribution in [-0.4, -0.2) is 85.6 Å². The topological polar surface area (TPSA) is 117 Å². The van der Waals surface area contributed by atoms with Crippen molar-refractivity contribution in [2.45, 2.75) is 87.9 Å². The Morgan fingerprint density at radius 1 is 1.12 bits per heavy atom. The molecule has 4 heterocycles. The van der Waals surface area contributed by atoms with Gasteiger partial charge in [0.25, 0.3) is 16.1 Å². The van der Waals surface area contributed by atoms with Gasteiger partial charge in [0.2, 0.25) is 0 Å². The highest BCUT2D eigenvalue weighted by Gasteiger charge is 2.49. The summed E-state index contributed by atoms with van der Waals surface area (Å²) in [6, 6.07) is 1.95. The Kier molecular flexibility index (Phi) is 7.27. The van der Waals surface area contributed by atoms with E-state index < -0.39 is 10.2 Å². The molecule has 3 saturated heterocycles. The molecule has 1 amide bonds. The van der Waals surface area contributed by atoms with Gasteiger partial charge < -0.3 is 19.9 Å². The number of nitrogens with one attached hydrogen (secondary N) is 2. The minimum atomic E-state index is -3.50. The lowest BCUT2D eigenvalue weighted by molar-refractivity contribution is 0.0897. The lowest BCUT2D eigenvalue weighted by atomic mass is 9.99.